The molecule has 0 unspecified atom stereocenters. The average molecular weight is 310 g/mol. The Morgan fingerprint density at radius 1 is 1.00 bits per heavy atom. The molecule has 120 valence electrons. The second-order valence-electron chi connectivity index (χ2n) is 5.64. The minimum absolute atomic E-state index is 0.00875. The first-order chi connectivity index (χ1) is 11.1. The molecule has 2 aromatic carbocycles. The maximum absolute atomic E-state index is 11.8. The van der Waals surface area contributed by atoms with Crippen LogP contribution < -0.4 is 10.6 Å². The molecule has 2 rings (SSSR count). The zero-order chi connectivity index (χ0) is 16.7. The fraction of sp³-hybridized carbons (Fsp3) is 0.263. The highest BCUT2D eigenvalue weighted by atomic mass is 16.2. The minimum atomic E-state index is -0.170. The van der Waals surface area contributed by atoms with Gasteiger partial charge in [0.15, 0.2) is 0 Å². The van der Waals surface area contributed by atoms with Gasteiger partial charge in [-0.2, -0.15) is 0 Å². The average Bonchev–Trinajstić information content (AvgIpc) is 2.56. The molecule has 0 aromatic heterocycles. The van der Waals surface area contributed by atoms with E-state index < -0.39 is 0 Å². The fourth-order valence-corrected chi connectivity index (χ4v) is 2.20. The number of rotatable bonds is 6. The fourth-order valence-electron chi connectivity index (χ4n) is 2.20. The third kappa shape index (κ3) is 4.95. The lowest BCUT2D eigenvalue weighted by molar-refractivity contribution is -0.124. The Labute approximate surface area is 136 Å². The summed E-state index contributed by atoms with van der Waals surface area (Å²) in [5.41, 5.74) is 1.01. The Morgan fingerprint density at radius 2 is 1.70 bits per heavy atom. The first-order valence-electron chi connectivity index (χ1n) is 7.79. The number of benzene rings is 2. The Hall–Kier alpha value is -2.62. The Balaban J connectivity index is 1.87. The standard InChI is InChI=1S/C19H22N2O2/c1-14(2)19(23)21-13-12-20-18(22)11-10-16-8-5-7-15-6-3-4-9-17(15)16/h3-11,14H,12-13H2,1-2H3,(H,20,22)(H,21,23)/b11-10+. The molecule has 0 bridgehead atoms. The van der Waals surface area contributed by atoms with Gasteiger partial charge in [-0.25, -0.2) is 0 Å². The summed E-state index contributed by atoms with van der Waals surface area (Å²) in [5.74, 6) is -0.223. The highest BCUT2D eigenvalue weighted by molar-refractivity contribution is 5.96. The highest BCUT2D eigenvalue weighted by Gasteiger charge is 2.05. The Bertz CT molecular complexity index is 715. The van der Waals surface area contributed by atoms with Crippen LogP contribution in [0.25, 0.3) is 16.8 Å². The molecule has 2 N–H and O–H groups in total. The summed E-state index contributed by atoms with van der Waals surface area (Å²) in [5, 5.41) is 7.77. The van der Waals surface area contributed by atoms with Crippen LogP contribution in [-0.2, 0) is 9.59 Å². The van der Waals surface area contributed by atoms with Crippen molar-refractivity contribution in [2.45, 2.75) is 13.8 Å². The molecule has 0 aliphatic rings. The van der Waals surface area contributed by atoms with Crippen molar-refractivity contribution in [2.75, 3.05) is 13.1 Å². The molecule has 4 nitrogen and oxygen atoms in total. The van der Waals surface area contributed by atoms with E-state index in [-0.39, 0.29) is 17.7 Å². The summed E-state index contributed by atoms with van der Waals surface area (Å²) < 4.78 is 0. The predicted octanol–water partition coefficient (Wildman–Crippen LogP) is 2.74. The number of fused-ring (bicyclic) bond motifs is 1. The number of hydrogen-bond acceptors (Lipinski definition) is 2. The molecule has 0 aliphatic heterocycles. The van der Waals surface area contributed by atoms with E-state index in [2.05, 4.69) is 10.6 Å². The summed E-state index contributed by atoms with van der Waals surface area (Å²) in [6.07, 6.45) is 3.33. The topological polar surface area (TPSA) is 58.2 Å². The molecular formula is C19H22N2O2. The van der Waals surface area contributed by atoms with Crippen LogP contribution in [0.2, 0.25) is 0 Å². The Kier molecular flexibility index (Phi) is 5.92. The van der Waals surface area contributed by atoms with Gasteiger partial charge in [0, 0.05) is 25.1 Å². The van der Waals surface area contributed by atoms with E-state index in [1.54, 1.807) is 0 Å². The molecule has 23 heavy (non-hydrogen) atoms. The van der Waals surface area contributed by atoms with Gasteiger partial charge in [-0.3, -0.25) is 9.59 Å². The van der Waals surface area contributed by atoms with Gasteiger partial charge in [0.1, 0.15) is 0 Å². The molecular weight excluding hydrogens is 288 g/mol. The first kappa shape index (κ1) is 16.7. The summed E-state index contributed by atoms with van der Waals surface area (Å²) in [7, 11) is 0. The van der Waals surface area contributed by atoms with Gasteiger partial charge in [-0.15, -0.1) is 0 Å². The monoisotopic (exact) mass is 310 g/mol. The third-order valence-corrected chi connectivity index (χ3v) is 3.49. The van der Waals surface area contributed by atoms with Crippen LogP contribution in [0, 0.1) is 5.92 Å². The van der Waals surface area contributed by atoms with Gasteiger partial charge >= 0.3 is 0 Å². The van der Waals surface area contributed by atoms with Gasteiger partial charge in [0.2, 0.25) is 11.8 Å². The van der Waals surface area contributed by atoms with Crippen molar-refractivity contribution in [3.05, 3.63) is 54.1 Å². The molecule has 0 spiro atoms. The molecule has 0 saturated carbocycles. The number of nitrogens with one attached hydrogen (secondary N) is 2. The molecule has 0 heterocycles. The number of carbonyl (C=O) groups is 2. The van der Waals surface area contributed by atoms with Gasteiger partial charge in [0.05, 0.1) is 0 Å². The van der Waals surface area contributed by atoms with E-state index in [1.807, 2.05) is 62.4 Å². The molecule has 4 heteroatoms. The second-order valence-corrected chi connectivity index (χ2v) is 5.64. The third-order valence-electron chi connectivity index (χ3n) is 3.49. The van der Waals surface area contributed by atoms with Crippen LogP contribution in [0.5, 0.6) is 0 Å². The molecule has 2 aromatic rings. The largest absolute Gasteiger partial charge is 0.354 e. The maximum atomic E-state index is 11.8. The van der Waals surface area contributed by atoms with Crippen molar-refractivity contribution in [1.29, 1.82) is 0 Å². The Morgan fingerprint density at radius 3 is 2.48 bits per heavy atom. The van der Waals surface area contributed by atoms with Crippen LogP contribution in [-0.4, -0.2) is 24.9 Å². The summed E-state index contributed by atoms with van der Waals surface area (Å²) in [6.45, 7) is 4.52. The van der Waals surface area contributed by atoms with Gasteiger partial charge in [0.25, 0.3) is 0 Å². The lowest BCUT2D eigenvalue weighted by Crippen LogP contribution is -2.35. The van der Waals surface area contributed by atoms with E-state index >= 15 is 0 Å². The number of amides is 2. The van der Waals surface area contributed by atoms with Crippen molar-refractivity contribution in [3.8, 4) is 0 Å². The van der Waals surface area contributed by atoms with Crippen LogP contribution in [0.15, 0.2) is 48.5 Å². The quantitative estimate of drug-likeness (QED) is 0.637. The smallest absolute Gasteiger partial charge is 0.244 e. The number of hydrogen-bond donors (Lipinski definition) is 2. The highest BCUT2D eigenvalue weighted by Crippen LogP contribution is 2.19. The molecule has 0 saturated heterocycles. The van der Waals surface area contributed by atoms with Crippen molar-refractivity contribution >= 4 is 28.7 Å². The van der Waals surface area contributed by atoms with E-state index in [0.717, 1.165) is 16.3 Å². The summed E-state index contributed by atoms with van der Waals surface area (Å²) >= 11 is 0. The molecule has 2 amide bonds. The van der Waals surface area contributed by atoms with Crippen LogP contribution >= 0.6 is 0 Å². The zero-order valence-electron chi connectivity index (χ0n) is 13.5. The maximum Gasteiger partial charge on any atom is 0.244 e. The van der Waals surface area contributed by atoms with Gasteiger partial charge in [-0.1, -0.05) is 56.3 Å². The first-order valence-corrected chi connectivity index (χ1v) is 7.79. The predicted molar refractivity (Wildman–Crippen MR) is 93.8 cm³/mol. The molecule has 0 aliphatic carbocycles. The van der Waals surface area contributed by atoms with Crippen molar-refractivity contribution in [1.82, 2.24) is 10.6 Å². The molecule has 0 atom stereocenters. The normalized spacial score (nSPS) is 11.1. The van der Waals surface area contributed by atoms with Crippen LogP contribution in [0.4, 0.5) is 0 Å². The summed E-state index contributed by atoms with van der Waals surface area (Å²) in [6, 6.07) is 14.1. The molecule has 0 radical (unpaired) electrons. The van der Waals surface area contributed by atoms with E-state index in [0.29, 0.717) is 13.1 Å². The lowest BCUT2D eigenvalue weighted by Gasteiger charge is -2.07. The van der Waals surface area contributed by atoms with E-state index in [1.165, 1.54) is 6.08 Å². The van der Waals surface area contributed by atoms with Gasteiger partial charge in [-0.05, 0) is 22.4 Å². The lowest BCUT2D eigenvalue weighted by atomic mass is 10.0. The SMILES string of the molecule is CC(C)C(=O)NCCNC(=O)/C=C/c1cccc2ccccc12. The van der Waals surface area contributed by atoms with E-state index in [4.69, 9.17) is 0 Å². The van der Waals surface area contributed by atoms with Crippen LogP contribution in [0.3, 0.4) is 0 Å². The van der Waals surface area contributed by atoms with E-state index in [9.17, 15) is 9.59 Å². The number of carbonyl (C=O) groups excluding carboxylic acids is 2. The van der Waals surface area contributed by atoms with Gasteiger partial charge < -0.3 is 10.6 Å². The van der Waals surface area contributed by atoms with Crippen LogP contribution in [0.1, 0.15) is 19.4 Å². The minimum Gasteiger partial charge on any atom is -0.354 e. The van der Waals surface area contributed by atoms with Crippen molar-refractivity contribution in [3.63, 3.8) is 0 Å². The van der Waals surface area contributed by atoms with Crippen molar-refractivity contribution in [2.24, 2.45) is 5.92 Å². The second kappa shape index (κ2) is 8.13. The molecule has 0 fully saturated rings. The van der Waals surface area contributed by atoms with Crippen molar-refractivity contribution < 1.29 is 9.59 Å². The summed E-state index contributed by atoms with van der Waals surface area (Å²) in [4.78, 5) is 23.2. The zero-order valence-corrected chi connectivity index (χ0v) is 13.5.